The van der Waals surface area contributed by atoms with Crippen LogP contribution in [-0.2, 0) is 11.3 Å². The number of rotatable bonds is 5. The number of nitrogens with zero attached hydrogens (tertiary/aromatic N) is 1. The number of carboxylic acid groups (broad SMARTS) is 1. The fourth-order valence-electron chi connectivity index (χ4n) is 2.69. The summed E-state index contributed by atoms with van der Waals surface area (Å²) in [6.45, 7) is 1.38. The third kappa shape index (κ3) is 2.89. The number of benzene rings is 1. The summed E-state index contributed by atoms with van der Waals surface area (Å²) in [4.78, 5) is 13.3. The average molecular weight is 249 g/mol. The molecule has 1 fully saturated rings. The third-order valence-corrected chi connectivity index (χ3v) is 3.62. The molecule has 18 heavy (non-hydrogen) atoms. The summed E-state index contributed by atoms with van der Waals surface area (Å²) in [5, 5.41) is 18.4. The third-order valence-electron chi connectivity index (χ3n) is 3.62. The molecule has 0 radical (unpaired) electrons. The Bertz CT molecular complexity index is 393. The molecule has 1 saturated heterocycles. The van der Waals surface area contributed by atoms with Crippen molar-refractivity contribution >= 4 is 5.97 Å². The molecule has 2 rings (SSSR count). The maximum Gasteiger partial charge on any atom is 0.310 e. The van der Waals surface area contributed by atoms with E-state index in [1.807, 2.05) is 30.3 Å². The Labute approximate surface area is 107 Å². The number of hydrogen-bond donors (Lipinski definition) is 2. The van der Waals surface area contributed by atoms with E-state index in [2.05, 4.69) is 4.90 Å². The number of aliphatic carboxylic acids is 1. The van der Waals surface area contributed by atoms with Gasteiger partial charge in [-0.25, -0.2) is 0 Å². The van der Waals surface area contributed by atoms with Gasteiger partial charge in [-0.1, -0.05) is 30.3 Å². The Kier molecular flexibility index (Phi) is 4.33. The molecule has 0 aromatic heterocycles. The predicted octanol–water partition coefficient (Wildman–Crippen LogP) is 1.34. The van der Waals surface area contributed by atoms with Gasteiger partial charge in [-0.2, -0.15) is 0 Å². The van der Waals surface area contributed by atoms with Crippen molar-refractivity contribution in [1.29, 1.82) is 0 Å². The maximum absolute atomic E-state index is 11.1. The number of carbonyl (C=O) groups is 1. The minimum Gasteiger partial charge on any atom is -0.481 e. The van der Waals surface area contributed by atoms with Gasteiger partial charge in [0, 0.05) is 12.6 Å². The monoisotopic (exact) mass is 249 g/mol. The molecule has 1 heterocycles. The van der Waals surface area contributed by atoms with E-state index < -0.39 is 11.9 Å². The molecule has 1 aliphatic rings. The molecule has 1 aromatic carbocycles. The van der Waals surface area contributed by atoms with E-state index in [9.17, 15) is 9.90 Å². The number of likely N-dealkylation sites (tertiary alicyclic amines) is 1. The van der Waals surface area contributed by atoms with E-state index in [1.54, 1.807) is 0 Å². The van der Waals surface area contributed by atoms with Crippen molar-refractivity contribution in [2.45, 2.75) is 25.4 Å². The summed E-state index contributed by atoms with van der Waals surface area (Å²) in [6, 6.07) is 9.99. The van der Waals surface area contributed by atoms with Crippen molar-refractivity contribution in [3.63, 3.8) is 0 Å². The molecule has 0 amide bonds. The highest BCUT2D eigenvalue weighted by molar-refractivity contribution is 5.71. The molecule has 0 spiro atoms. The second-order valence-electron chi connectivity index (χ2n) is 4.79. The van der Waals surface area contributed by atoms with Crippen molar-refractivity contribution < 1.29 is 15.0 Å². The molecule has 1 aromatic rings. The summed E-state index contributed by atoms with van der Waals surface area (Å²) >= 11 is 0. The van der Waals surface area contributed by atoms with Crippen LogP contribution in [0.25, 0.3) is 0 Å². The van der Waals surface area contributed by atoms with Crippen LogP contribution in [0.4, 0.5) is 0 Å². The van der Waals surface area contributed by atoms with Gasteiger partial charge in [0.2, 0.25) is 0 Å². The van der Waals surface area contributed by atoms with Crippen molar-refractivity contribution in [2.24, 2.45) is 5.92 Å². The predicted molar refractivity (Wildman–Crippen MR) is 68.1 cm³/mol. The number of aliphatic hydroxyl groups is 1. The van der Waals surface area contributed by atoms with E-state index in [-0.39, 0.29) is 12.6 Å². The van der Waals surface area contributed by atoms with Crippen LogP contribution in [0.2, 0.25) is 0 Å². The van der Waals surface area contributed by atoms with Gasteiger partial charge in [-0.05, 0) is 24.9 Å². The van der Waals surface area contributed by atoms with Crippen LogP contribution in [0.3, 0.4) is 0 Å². The fourth-order valence-corrected chi connectivity index (χ4v) is 2.69. The molecular weight excluding hydrogens is 230 g/mol. The Morgan fingerprint density at radius 1 is 1.39 bits per heavy atom. The molecule has 98 valence electrons. The summed E-state index contributed by atoms with van der Waals surface area (Å²) in [7, 11) is 0. The summed E-state index contributed by atoms with van der Waals surface area (Å²) in [5.74, 6) is -1.57. The second kappa shape index (κ2) is 5.98. The van der Waals surface area contributed by atoms with Gasteiger partial charge in [0.05, 0.1) is 12.5 Å². The van der Waals surface area contributed by atoms with Gasteiger partial charge >= 0.3 is 5.97 Å². The summed E-state index contributed by atoms with van der Waals surface area (Å²) in [5.41, 5.74) is 1.19. The Balaban J connectivity index is 2.05. The second-order valence-corrected chi connectivity index (χ2v) is 4.79. The Morgan fingerprint density at radius 2 is 2.11 bits per heavy atom. The lowest BCUT2D eigenvalue weighted by Crippen LogP contribution is -2.40. The van der Waals surface area contributed by atoms with Crippen LogP contribution in [0, 0.1) is 5.92 Å². The zero-order valence-electron chi connectivity index (χ0n) is 10.3. The number of carboxylic acids is 1. The van der Waals surface area contributed by atoms with Crippen LogP contribution in [0.15, 0.2) is 30.3 Å². The molecule has 0 saturated carbocycles. The molecule has 0 bridgehead atoms. The van der Waals surface area contributed by atoms with Crippen LogP contribution >= 0.6 is 0 Å². The topological polar surface area (TPSA) is 60.8 Å². The molecular formula is C14H19NO3. The highest BCUT2D eigenvalue weighted by Gasteiger charge is 2.35. The normalized spacial score (nSPS) is 21.9. The van der Waals surface area contributed by atoms with Crippen LogP contribution in [0.5, 0.6) is 0 Å². The quantitative estimate of drug-likeness (QED) is 0.827. The van der Waals surface area contributed by atoms with Gasteiger partial charge in [-0.15, -0.1) is 0 Å². The first-order chi connectivity index (χ1) is 8.72. The molecule has 1 aliphatic heterocycles. The van der Waals surface area contributed by atoms with Crippen LogP contribution in [-0.4, -0.2) is 40.3 Å². The van der Waals surface area contributed by atoms with E-state index >= 15 is 0 Å². The summed E-state index contributed by atoms with van der Waals surface area (Å²) in [6.07, 6.45) is 1.85. The van der Waals surface area contributed by atoms with Crippen molar-refractivity contribution in [3.05, 3.63) is 35.9 Å². The SMILES string of the molecule is O=C(O)C(CO)C1CCCN1Cc1ccccc1. The van der Waals surface area contributed by atoms with Gasteiger partial charge in [0.15, 0.2) is 0 Å². The Morgan fingerprint density at radius 3 is 2.72 bits per heavy atom. The summed E-state index contributed by atoms with van der Waals surface area (Å²) < 4.78 is 0. The lowest BCUT2D eigenvalue weighted by Gasteiger charge is -2.28. The lowest BCUT2D eigenvalue weighted by molar-refractivity contribution is -0.145. The van der Waals surface area contributed by atoms with Crippen molar-refractivity contribution in [2.75, 3.05) is 13.2 Å². The smallest absolute Gasteiger partial charge is 0.310 e. The average Bonchev–Trinajstić information content (AvgIpc) is 2.79. The van der Waals surface area contributed by atoms with Crippen molar-refractivity contribution in [3.8, 4) is 0 Å². The first-order valence-electron chi connectivity index (χ1n) is 6.34. The molecule has 0 aliphatic carbocycles. The standard InChI is InChI=1S/C14H19NO3/c16-10-12(14(17)18)13-7-4-8-15(13)9-11-5-2-1-3-6-11/h1-3,5-6,12-13,16H,4,7-10H2,(H,17,18). The highest BCUT2D eigenvalue weighted by Crippen LogP contribution is 2.26. The highest BCUT2D eigenvalue weighted by atomic mass is 16.4. The first-order valence-corrected chi connectivity index (χ1v) is 6.34. The molecule has 2 atom stereocenters. The zero-order valence-corrected chi connectivity index (χ0v) is 10.3. The van der Waals surface area contributed by atoms with E-state index in [4.69, 9.17) is 5.11 Å². The van der Waals surface area contributed by atoms with Crippen LogP contribution < -0.4 is 0 Å². The minimum atomic E-state index is -0.900. The fraction of sp³-hybridized carbons (Fsp3) is 0.500. The zero-order chi connectivity index (χ0) is 13.0. The van der Waals surface area contributed by atoms with E-state index in [0.717, 1.165) is 25.9 Å². The number of aliphatic hydroxyl groups excluding tert-OH is 1. The van der Waals surface area contributed by atoms with Gasteiger partial charge < -0.3 is 10.2 Å². The van der Waals surface area contributed by atoms with Gasteiger partial charge in [0.1, 0.15) is 0 Å². The molecule has 4 heteroatoms. The lowest BCUT2D eigenvalue weighted by atomic mass is 9.98. The minimum absolute atomic E-state index is 0.0484. The maximum atomic E-state index is 11.1. The van der Waals surface area contributed by atoms with Crippen molar-refractivity contribution in [1.82, 2.24) is 4.90 Å². The first kappa shape index (κ1) is 13.1. The Hall–Kier alpha value is -1.39. The van der Waals surface area contributed by atoms with Crippen LogP contribution in [0.1, 0.15) is 18.4 Å². The molecule has 2 unspecified atom stereocenters. The molecule has 4 nitrogen and oxygen atoms in total. The molecule has 2 N–H and O–H groups in total. The van der Waals surface area contributed by atoms with Gasteiger partial charge in [-0.3, -0.25) is 9.69 Å². The largest absolute Gasteiger partial charge is 0.481 e. The van der Waals surface area contributed by atoms with Gasteiger partial charge in [0.25, 0.3) is 0 Å². The van der Waals surface area contributed by atoms with E-state index in [0.29, 0.717) is 0 Å². The number of hydrogen-bond acceptors (Lipinski definition) is 3. The van der Waals surface area contributed by atoms with E-state index in [1.165, 1.54) is 5.56 Å².